The van der Waals surface area contributed by atoms with Crippen LogP contribution in [0.3, 0.4) is 0 Å². The van der Waals surface area contributed by atoms with Crippen LogP contribution >= 0.6 is 27.3 Å². The summed E-state index contributed by atoms with van der Waals surface area (Å²) in [4.78, 5) is 17.8. The number of nitrogens with zero attached hydrogens (tertiary/aromatic N) is 3. The lowest BCUT2D eigenvalue weighted by Crippen LogP contribution is -2.22. The second-order valence-electron chi connectivity index (χ2n) is 7.89. The normalized spacial score (nSPS) is 20.1. The molecular formula is C22H25BrN4O2S. The highest BCUT2D eigenvalue weighted by molar-refractivity contribution is 9.10. The Balaban J connectivity index is 1.60. The fourth-order valence-corrected chi connectivity index (χ4v) is 5.59. The van der Waals surface area contributed by atoms with E-state index in [0.717, 1.165) is 58.1 Å². The Kier molecular flexibility index (Phi) is 6.34. The molecule has 0 spiro atoms. The van der Waals surface area contributed by atoms with Gasteiger partial charge in [-0.25, -0.2) is 0 Å². The summed E-state index contributed by atoms with van der Waals surface area (Å²) in [6.07, 6.45) is 5.50. The van der Waals surface area contributed by atoms with Gasteiger partial charge in [0.25, 0.3) is 0 Å². The molecule has 158 valence electrons. The van der Waals surface area contributed by atoms with E-state index >= 15 is 0 Å². The first kappa shape index (κ1) is 21.2. The van der Waals surface area contributed by atoms with Crippen molar-refractivity contribution < 1.29 is 9.53 Å². The van der Waals surface area contributed by atoms with E-state index in [9.17, 15) is 4.79 Å². The zero-order chi connectivity index (χ0) is 21.3. The van der Waals surface area contributed by atoms with E-state index in [4.69, 9.17) is 9.72 Å². The topological polar surface area (TPSA) is 77.0 Å². The van der Waals surface area contributed by atoms with E-state index in [2.05, 4.69) is 55.9 Å². The van der Waals surface area contributed by atoms with Crippen LogP contribution in [0.1, 0.15) is 60.8 Å². The fraction of sp³-hybridized carbons (Fsp3) is 0.455. The van der Waals surface area contributed by atoms with Crippen molar-refractivity contribution in [2.45, 2.75) is 51.5 Å². The number of hydrogen-bond donors (Lipinski definition) is 1. The zero-order valence-corrected chi connectivity index (χ0v) is 19.7. The highest BCUT2D eigenvalue weighted by atomic mass is 79.9. The molecule has 3 heterocycles. The number of ether oxygens (including phenoxy) is 1. The maximum Gasteiger partial charge on any atom is 0.308 e. The number of hydrogen-bond acceptors (Lipinski definition) is 7. The molecule has 0 aliphatic heterocycles. The molecule has 3 aromatic heterocycles. The second kappa shape index (κ2) is 8.98. The third-order valence-corrected chi connectivity index (χ3v) is 7.79. The third-order valence-electron chi connectivity index (χ3n) is 5.92. The zero-order valence-electron chi connectivity index (χ0n) is 17.3. The van der Waals surface area contributed by atoms with Crippen LogP contribution in [-0.4, -0.2) is 28.3 Å². The Labute approximate surface area is 188 Å². The Morgan fingerprint density at radius 2 is 2.00 bits per heavy atom. The average Bonchev–Trinajstić information content (AvgIpc) is 3.21. The number of esters is 1. The number of fused-ring (bicyclic) bond motifs is 1. The molecule has 0 aromatic carbocycles. The average molecular weight is 489 g/mol. The first-order valence-electron chi connectivity index (χ1n) is 10.2. The molecule has 4 rings (SSSR count). The molecule has 0 radical (unpaired) electrons. The number of halogens is 1. The van der Waals surface area contributed by atoms with Gasteiger partial charge in [0.2, 0.25) is 0 Å². The summed E-state index contributed by atoms with van der Waals surface area (Å²) in [5, 5.41) is 16.5. The summed E-state index contributed by atoms with van der Waals surface area (Å²) < 4.78 is 6.00. The van der Waals surface area contributed by atoms with Crippen LogP contribution < -0.4 is 5.32 Å². The van der Waals surface area contributed by atoms with Gasteiger partial charge in [-0.2, -0.15) is 5.10 Å². The number of methoxy groups -OCH3 is 1. The number of aromatic nitrogens is 3. The summed E-state index contributed by atoms with van der Waals surface area (Å²) in [6, 6.07) is 4.40. The van der Waals surface area contributed by atoms with Crippen molar-refractivity contribution in [1.82, 2.24) is 15.2 Å². The summed E-state index contributed by atoms with van der Waals surface area (Å²) in [6.45, 7) is 4.09. The number of thiophene rings is 1. The smallest absolute Gasteiger partial charge is 0.308 e. The van der Waals surface area contributed by atoms with Crippen molar-refractivity contribution >= 4 is 49.8 Å². The molecular weight excluding hydrogens is 464 g/mol. The fourth-order valence-electron chi connectivity index (χ4n) is 4.14. The van der Waals surface area contributed by atoms with Gasteiger partial charge in [-0.05, 0) is 67.6 Å². The van der Waals surface area contributed by atoms with Gasteiger partial charge in [0.1, 0.15) is 0 Å². The van der Waals surface area contributed by atoms with Gasteiger partial charge in [-0.15, -0.1) is 16.4 Å². The number of aryl methyl sites for hydroxylation is 1. The van der Waals surface area contributed by atoms with E-state index < -0.39 is 0 Å². The van der Waals surface area contributed by atoms with Crippen molar-refractivity contribution in [2.75, 3.05) is 12.4 Å². The van der Waals surface area contributed by atoms with Crippen molar-refractivity contribution in [3.8, 4) is 0 Å². The van der Waals surface area contributed by atoms with Crippen LogP contribution in [0, 0.1) is 12.8 Å². The molecule has 1 fully saturated rings. The molecule has 0 saturated heterocycles. The lowest BCUT2D eigenvalue weighted by Gasteiger charge is -2.26. The molecule has 1 N–H and O–H groups in total. The lowest BCUT2D eigenvalue weighted by molar-refractivity contribution is -0.146. The Morgan fingerprint density at radius 1 is 1.23 bits per heavy atom. The first-order valence-corrected chi connectivity index (χ1v) is 11.8. The minimum Gasteiger partial charge on any atom is -0.469 e. The van der Waals surface area contributed by atoms with Gasteiger partial charge in [-0.1, -0.05) is 0 Å². The summed E-state index contributed by atoms with van der Waals surface area (Å²) >= 11 is 5.23. The van der Waals surface area contributed by atoms with Gasteiger partial charge in [0.15, 0.2) is 5.82 Å². The molecule has 3 aromatic rings. The summed E-state index contributed by atoms with van der Waals surface area (Å²) in [5.41, 5.74) is 1.93. The molecule has 0 amide bonds. The van der Waals surface area contributed by atoms with Gasteiger partial charge in [0.05, 0.1) is 24.8 Å². The highest BCUT2D eigenvalue weighted by Crippen LogP contribution is 2.37. The van der Waals surface area contributed by atoms with Crippen molar-refractivity contribution in [1.29, 1.82) is 0 Å². The van der Waals surface area contributed by atoms with Crippen LogP contribution in [0.4, 0.5) is 5.82 Å². The number of carbonyl (C=O) groups is 1. The Hall–Kier alpha value is -2.06. The quantitative estimate of drug-likeness (QED) is 0.458. The molecule has 0 bridgehead atoms. The number of carbonyl (C=O) groups excluding carboxylic acids is 1. The third kappa shape index (κ3) is 4.34. The Bertz CT molecular complexity index is 1060. The largest absolute Gasteiger partial charge is 0.469 e. The van der Waals surface area contributed by atoms with E-state index in [-0.39, 0.29) is 17.9 Å². The second-order valence-corrected chi connectivity index (χ2v) is 9.75. The van der Waals surface area contributed by atoms with Gasteiger partial charge < -0.3 is 10.1 Å². The van der Waals surface area contributed by atoms with Crippen LogP contribution in [-0.2, 0) is 9.53 Å². The maximum atomic E-state index is 11.8. The molecule has 1 atom stereocenters. The SMILES string of the molecule is COC(=O)C1CCC(c2cc3c(N[C@H](C)c4cc(Br)cs4)nnc(C)c3cn2)CC1. The maximum absolute atomic E-state index is 11.8. The summed E-state index contributed by atoms with van der Waals surface area (Å²) in [7, 11) is 1.47. The van der Waals surface area contributed by atoms with Gasteiger partial charge in [-0.3, -0.25) is 9.78 Å². The molecule has 6 nitrogen and oxygen atoms in total. The monoisotopic (exact) mass is 488 g/mol. The molecule has 1 saturated carbocycles. The van der Waals surface area contributed by atoms with E-state index in [1.54, 1.807) is 11.3 Å². The van der Waals surface area contributed by atoms with Crippen molar-refractivity contribution in [3.05, 3.63) is 44.4 Å². The van der Waals surface area contributed by atoms with Crippen LogP contribution in [0.25, 0.3) is 10.8 Å². The minimum absolute atomic E-state index is 0.0167. The Morgan fingerprint density at radius 3 is 2.67 bits per heavy atom. The molecule has 0 unspecified atom stereocenters. The van der Waals surface area contributed by atoms with Crippen molar-refractivity contribution in [2.24, 2.45) is 5.92 Å². The van der Waals surface area contributed by atoms with Gasteiger partial charge in [0, 0.05) is 43.3 Å². The van der Waals surface area contributed by atoms with Crippen LogP contribution in [0.5, 0.6) is 0 Å². The molecule has 1 aliphatic carbocycles. The molecule has 30 heavy (non-hydrogen) atoms. The van der Waals surface area contributed by atoms with Crippen LogP contribution in [0.2, 0.25) is 0 Å². The first-order chi connectivity index (χ1) is 14.5. The highest BCUT2D eigenvalue weighted by Gasteiger charge is 2.28. The van der Waals surface area contributed by atoms with E-state index in [0.29, 0.717) is 5.92 Å². The summed E-state index contributed by atoms with van der Waals surface area (Å²) in [5.74, 6) is 1.05. The number of anilines is 1. The van der Waals surface area contributed by atoms with E-state index in [1.165, 1.54) is 12.0 Å². The number of pyridine rings is 1. The van der Waals surface area contributed by atoms with Crippen LogP contribution in [0.15, 0.2) is 28.2 Å². The number of nitrogens with one attached hydrogen (secondary N) is 1. The molecule has 8 heteroatoms. The predicted molar refractivity (Wildman–Crippen MR) is 123 cm³/mol. The van der Waals surface area contributed by atoms with E-state index in [1.807, 2.05) is 13.1 Å². The minimum atomic E-state index is -0.0912. The number of rotatable bonds is 5. The standard InChI is InChI=1S/C22H25BrN4O2S/c1-12-18-10-24-19(14-4-6-15(7-5-14)22(28)29-3)9-17(18)21(27-26-12)25-13(2)20-8-16(23)11-30-20/h8-11,13-15H,4-7H2,1-3H3,(H,25,27)/t13-,14?,15?/m1/s1. The predicted octanol–water partition coefficient (Wildman–Crippen LogP) is 5.78. The van der Waals surface area contributed by atoms with Crippen molar-refractivity contribution in [3.63, 3.8) is 0 Å². The molecule has 1 aliphatic rings. The van der Waals surface area contributed by atoms with Gasteiger partial charge >= 0.3 is 5.97 Å². The lowest BCUT2D eigenvalue weighted by atomic mass is 9.80.